The van der Waals surface area contributed by atoms with Gasteiger partial charge in [0.1, 0.15) is 0 Å². The largest absolute Gasteiger partial charge is 0.466 e. The maximum atomic E-state index is 12.3. The van der Waals surface area contributed by atoms with Crippen LogP contribution >= 0.6 is 0 Å². The molecule has 1 N–H and O–H groups in total. The first kappa shape index (κ1) is 32.3. The van der Waals surface area contributed by atoms with Crippen molar-refractivity contribution in [1.82, 2.24) is 5.32 Å². The number of carbonyl (C=O) groups is 2. The van der Waals surface area contributed by atoms with Gasteiger partial charge < -0.3 is 14.8 Å². The van der Waals surface area contributed by atoms with E-state index in [0.717, 1.165) is 12.8 Å². The van der Waals surface area contributed by atoms with Crippen LogP contribution in [0.2, 0.25) is 0 Å². The molecule has 1 aliphatic heterocycles. The predicted octanol–water partition coefficient (Wildman–Crippen LogP) is 7.21. The summed E-state index contributed by atoms with van der Waals surface area (Å²) in [4.78, 5) is 35.6. The molecule has 0 fully saturated rings. The molecule has 0 atom stereocenters. The molecule has 216 valence electrons. The van der Waals surface area contributed by atoms with E-state index in [4.69, 9.17) is 9.47 Å². The van der Waals surface area contributed by atoms with Crippen molar-refractivity contribution in [3.63, 3.8) is 0 Å². The Kier molecular flexibility index (Phi) is 11.7. The Balaban J connectivity index is 0.000000319. The third kappa shape index (κ3) is 8.53. The number of esters is 2. The number of nitro groups is 1. The molecule has 0 unspecified atom stereocenters. The molecule has 2 aliphatic rings. The SMILES string of the molecule is CC1=CCCC(C)=CCC(C)(C)C=CC1.COC(=O)C1=C(C)NC(C)=C(C(=O)OC)C1c1ccccc1[N+](=O)[O-]. The van der Waals surface area contributed by atoms with E-state index in [1.165, 1.54) is 56.4 Å². The minimum atomic E-state index is -0.970. The zero-order valence-electron chi connectivity index (χ0n) is 24.9. The topological polar surface area (TPSA) is 108 Å². The average molecular weight is 551 g/mol. The number of allylic oxidation sites excluding steroid dienone is 8. The number of methoxy groups -OCH3 is 2. The summed E-state index contributed by atoms with van der Waals surface area (Å²) in [5.41, 5.74) is 4.53. The molecule has 0 aromatic heterocycles. The molecule has 0 bridgehead atoms. The number of hydrogen-bond donors (Lipinski definition) is 1. The lowest BCUT2D eigenvalue weighted by Crippen LogP contribution is -2.32. The third-order valence-corrected chi connectivity index (χ3v) is 7.03. The number of dihydropyridines is 1. The number of nitrogens with one attached hydrogen (secondary N) is 1. The van der Waals surface area contributed by atoms with Crippen LogP contribution in [0.1, 0.15) is 78.7 Å². The van der Waals surface area contributed by atoms with Crippen LogP contribution < -0.4 is 5.32 Å². The minimum Gasteiger partial charge on any atom is -0.466 e. The summed E-state index contributed by atoms with van der Waals surface area (Å²) in [5.74, 6) is -2.33. The highest BCUT2D eigenvalue weighted by Crippen LogP contribution is 2.42. The molecule has 0 radical (unpaired) electrons. The number of ether oxygens (including phenoxy) is 2. The van der Waals surface area contributed by atoms with Crippen molar-refractivity contribution < 1.29 is 24.0 Å². The second-order valence-electron chi connectivity index (χ2n) is 10.9. The Morgan fingerprint density at radius 2 is 1.52 bits per heavy atom. The highest BCUT2D eigenvalue weighted by molar-refractivity contribution is 6.00. The molecule has 3 rings (SSSR count). The molecule has 0 saturated heterocycles. The van der Waals surface area contributed by atoms with Crippen LogP contribution in [0, 0.1) is 15.5 Å². The number of nitro benzene ring substituents is 1. The first-order chi connectivity index (χ1) is 18.8. The Hall–Kier alpha value is -3.94. The molecule has 1 aromatic rings. The van der Waals surface area contributed by atoms with E-state index >= 15 is 0 Å². The Labute approximate surface area is 237 Å². The van der Waals surface area contributed by atoms with Crippen molar-refractivity contribution in [2.45, 2.75) is 73.1 Å². The second-order valence-corrected chi connectivity index (χ2v) is 10.9. The van der Waals surface area contributed by atoms with Gasteiger partial charge in [0.15, 0.2) is 0 Å². The summed E-state index contributed by atoms with van der Waals surface area (Å²) in [6, 6.07) is 5.97. The van der Waals surface area contributed by atoms with E-state index in [9.17, 15) is 19.7 Å². The molecule has 0 saturated carbocycles. The summed E-state index contributed by atoms with van der Waals surface area (Å²) in [6.07, 6.45) is 14.1. The third-order valence-electron chi connectivity index (χ3n) is 7.03. The Bertz CT molecular complexity index is 1240. The second kappa shape index (κ2) is 14.4. The summed E-state index contributed by atoms with van der Waals surface area (Å²) < 4.78 is 9.66. The highest BCUT2D eigenvalue weighted by Gasteiger charge is 2.40. The Morgan fingerprint density at radius 3 is 2.08 bits per heavy atom. The van der Waals surface area contributed by atoms with E-state index in [-0.39, 0.29) is 22.4 Å². The van der Waals surface area contributed by atoms with Crippen LogP contribution in [0.25, 0.3) is 0 Å². The van der Waals surface area contributed by atoms with Gasteiger partial charge in [0.05, 0.1) is 36.2 Å². The van der Waals surface area contributed by atoms with E-state index in [2.05, 4.69) is 57.3 Å². The molecule has 0 spiro atoms. The molecule has 0 amide bonds. The van der Waals surface area contributed by atoms with Gasteiger partial charge in [-0.25, -0.2) is 9.59 Å². The zero-order valence-corrected chi connectivity index (χ0v) is 24.9. The lowest BCUT2D eigenvalue weighted by Gasteiger charge is -2.29. The van der Waals surface area contributed by atoms with Crippen molar-refractivity contribution in [3.8, 4) is 0 Å². The fourth-order valence-electron chi connectivity index (χ4n) is 4.76. The average Bonchev–Trinajstić information content (AvgIpc) is 2.93. The lowest BCUT2D eigenvalue weighted by atomic mass is 9.79. The van der Waals surface area contributed by atoms with Crippen LogP contribution in [0.3, 0.4) is 0 Å². The fourth-order valence-corrected chi connectivity index (χ4v) is 4.76. The molecule has 40 heavy (non-hydrogen) atoms. The van der Waals surface area contributed by atoms with Gasteiger partial charge in [0.2, 0.25) is 0 Å². The van der Waals surface area contributed by atoms with Gasteiger partial charge in [0, 0.05) is 23.0 Å². The molecule has 1 aromatic carbocycles. The molecular weight excluding hydrogens is 508 g/mol. The van der Waals surface area contributed by atoms with Gasteiger partial charge in [-0.15, -0.1) is 0 Å². The number of hydrogen-bond acceptors (Lipinski definition) is 7. The molecule has 1 aliphatic carbocycles. The fraction of sp³-hybridized carbons (Fsp3) is 0.438. The number of para-hydroxylation sites is 1. The van der Waals surface area contributed by atoms with Gasteiger partial charge in [-0.2, -0.15) is 0 Å². The minimum absolute atomic E-state index is 0.128. The zero-order chi connectivity index (χ0) is 30.0. The summed E-state index contributed by atoms with van der Waals surface area (Å²) in [5, 5.41) is 14.4. The Morgan fingerprint density at radius 1 is 0.950 bits per heavy atom. The van der Waals surface area contributed by atoms with Crippen LogP contribution in [0.4, 0.5) is 5.69 Å². The van der Waals surface area contributed by atoms with Crippen LogP contribution in [0.15, 0.2) is 82.3 Å². The number of rotatable bonds is 4. The maximum Gasteiger partial charge on any atom is 0.336 e. The molecule has 1 heterocycles. The van der Waals surface area contributed by atoms with Crippen LogP contribution in [-0.2, 0) is 19.1 Å². The van der Waals surface area contributed by atoms with E-state index in [1.807, 2.05) is 0 Å². The summed E-state index contributed by atoms with van der Waals surface area (Å²) >= 11 is 0. The van der Waals surface area contributed by atoms with Gasteiger partial charge in [-0.1, -0.05) is 67.5 Å². The van der Waals surface area contributed by atoms with Gasteiger partial charge >= 0.3 is 11.9 Å². The van der Waals surface area contributed by atoms with E-state index in [1.54, 1.807) is 19.9 Å². The first-order valence-corrected chi connectivity index (χ1v) is 13.4. The van der Waals surface area contributed by atoms with Crippen LogP contribution in [-0.4, -0.2) is 31.1 Å². The maximum absolute atomic E-state index is 12.3. The van der Waals surface area contributed by atoms with Crippen molar-refractivity contribution in [2.24, 2.45) is 5.41 Å². The summed E-state index contributed by atoms with van der Waals surface area (Å²) in [7, 11) is 2.42. The van der Waals surface area contributed by atoms with Crippen LogP contribution in [0.5, 0.6) is 0 Å². The summed E-state index contributed by atoms with van der Waals surface area (Å²) in [6.45, 7) is 12.4. The quantitative estimate of drug-likeness (QED) is 0.183. The van der Waals surface area contributed by atoms with Gasteiger partial charge in [0.25, 0.3) is 5.69 Å². The van der Waals surface area contributed by atoms with Crippen molar-refractivity contribution >= 4 is 17.6 Å². The number of carbonyl (C=O) groups excluding carboxylic acids is 2. The predicted molar refractivity (Wildman–Crippen MR) is 157 cm³/mol. The number of benzene rings is 1. The first-order valence-electron chi connectivity index (χ1n) is 13.4. The standard InChI is InChI=1S/C17H18N2O6.C15H24/c1-9-13(16(20)24-3)15(14(10(2)18-9)17(21)25-4)11-7-5-6-8-12(11)19(22)23;1-13-7-5-8-14(2)10-12-15(3,4)11-6-9-13/h5-8,15,18H,1-4H3;6-7,10-11H,5,8-9,12H2,1-4H3. The van der Waals surface area contributed by atoms with Gasteiger partial charge in [-0.05, 0) is 58.8 Å². The van der Waals surface area contributed by atoms with Crippen molar-refractivity contribution in [2.75, 3.05) is 14.2 Å². The van der Waals surface area contributed by atoms with Gasteiger partial charge in [-0.3, -0.25) is 10.1 Å². The lowest BCUT2D eigenvalue weighted by molar-refractivity contribution is -0.385. The number of nitrogens with zero attached hydrogens (tertiary/aromatic N) is 1. The van der Waals surface area contributed by atoms with Crippen molar-refractivity contribution in [3.05, 3.63) is 97.9 Å². The monoisotopic (exact) mass is 550 g/mol. The van der Waals surface area contributed by atoms with Crippen molar-refractivity contribution in [1.29, 1.82) is 0 Å². The van der Waals surface area contributed by atoms with E-state index < -0.39 is 22.8 Å². The highest BCUT2D eigenvalue weighted by atomic mass is 16.6. The smallest absolute Gasteiger partial charge is 0.336 e. The molecular formula is C32H42N2O6. The van der Waals surface area contributed by atoms with E-state index in [0.29, 0.717) is 16.8 Å². The molecule has 8 nitrogen and oxygen atoms in total. The molecule has 8 heteroatoms. The normalized spacial score (nSPS) is 17.8.